The van der Waals surface area contributed by atoms with Crippen molar-refractivity contribution in [2.45, 2.75) is 19.1 Å². The van der Waals surface area contributed by atoms with Crippen molar-refractivity contribution in [2.24, 2.45) is 0 Å². The maximum Gasteiger partial charge on any atom is 0.416 e. The van der Waals surface area contributed by atoms with Gasteiger partial charge in [-0.3, -0.25) is 9.59 Å². The van der Waals surface area contributed by atoms with Crippen LogP contribution in [0.2, 0.25) is 0 Å². The molecular weight excluding hydrogens is 425 g/mol. The van der Waals surface area contributed by atoms with E-state index >= 15 is 0 Å². The van der Waals surface area contributed by atoms with E-state index in [1.54, 1.807) is 36.4 Å². The van der Waals surface area contributed by atoms with Gasteiger partial charge >= 0.3 is 6.18 Å². The lowest BCUT2D eigenvalue weighted by atomic mass is 10.1. The molecule has 4 rings (SSSR count). The summed E-state index contributed by atoms with van der Waals surface area (Å²) in [5, 5.41) is 8.34. The Balaban J connectivity index is 1.45. The molecule has 8 nitrogen and oxygen atoms in total. The molecule has 1 atom stereocenters. The molecule has 32 heavy (non-hydrogen) atoms. The van der Waals surface area contributed by atoms with E-state index in [2.05, 4.69) is 10.2 Å². The second-order valence-electron chi connectivity index (χ2n) is 7.46. The van der Waals surface area contributed by atoms with Crippen molar-refractivity contribution in [3.63, 3.8) is 0 Å². The second-order valence-corrected chi connectivity index (χ2v) is 7.46. The first-order valence-electron chi connectivity index (χ1n) is 10.0. The van der Waals surface area contributed by atoms with E-state index in [-0.39, 0.29) is 5.91 Å². The Morgan fingerprint density at radius 3 is 2.47 bits per heavy atom. The fourth-order valence-corrected chi connectivity index (χ4v) is 3.65. The lowest BCUT2D eigenvalue weighted by Crippen LogP contribution is -2.51. The van der Waals surface area contributed by atoms with Crippen LogP contribution in [0.1, 0.15) is 18.5 Å². The van der Waals surface area contributed by atoms with Crippen molar-refractivity contribution in [2.75, 3.05) is 31.1 Å². The summed E-state index contributed by atoms with van der Waals surface area (Å²) >= 11 is 0. The molecule has 0 spiro atoms. The minimum absolute atomic E-state index is 0.277. The summed E-state index contributed by atoms with van der Waals surface area (Å²) in [6.45, 7) is 3.02. The first-order chi connectivity index (χ1) is 15.2. The number of piperazine rings is 1. The molecule has 1 amide bonds. The van der Waals surface area contributed by atoms with Gasteiger partial charge < -0.3 is 9.80 Å². The van der Waals surface area contributed by atoms with Gasteiger partial charge in [0.15, 0.2) is 5.82 Å². The van der Waals surface area contributed by atoms with Crippen molar-refractivity contribution < 1.29 is 18.0 Å². The zero-order valence-corrected chi connectivity index (χ0v) is 17.2. The highest BCUT2D eigenvalue weighted by Crippen LogP contribution is 2.32. The van der Waals surface area contributed by atoms with Crippen LogP contribution in [-0.4, -0.2) is 56.5 Å². The fourth-order valence-electron chi connectivity index (χ4n) is 3.65. The molecule has 1 saturated heterocycles. The van der Waals surface area contributed by atoms with Crippen LogP contribution in [-0.2, 0) is 11.0 Å². The van der Waals surface area contributed by atoms with Crippen LogP contribution in [0.15, 0.2) is 59.7 Å². The number of nitrogens with zero attached hydrogens (tertiary/aromatic N) is 6. The lowest BCUT2D eigenvalue weighted by molar-refractivity contribution is -0.137. The number of benzene rings is 1. The molecule has 1 aliphatic heterocycles. The minimum Gasteiger partial charge on any atom is -0.368 e. The second kappa shape index (κ2) is 8.48. The van der Waals surface area contributed by atoms with Crippen molar-refractivity contribution in [3.8, 4) is 5.82 Å². The molecule has 0 unspecified atom stereocenters. The van der Waals surface area contributed by atoms with Gasteiger partial charge in [0, 0.05) is 50.3 Å². The Labute approximate surface area is 181 Å². The normalized spacial score (nSPS) is 15.6. The molecule has 2 aromatic heterocycles. The Kier molecular flexibility index (Phi) is 5.72. The standard InChI is InChI=1S/C21H21F3N6O2/c1-15(30-19(31)7-6-18(26-30)29-9-3-8-25-29)20(32)28-12-10-27(11-13-28)17-5-2-4-16(14-17)21(22,23)24/h2-9,14-15H,10-13H2,1H3/t15-/m0/s1. The summed E-state index contributed by atoms with van der Waals surface area (Å²) in [4.78, 5) is 28.7. The van der Waals surface area contributed by atoms with Gasteiger partial charge in [-0.1, -0.05) is 6.07 Å². The number of hydrogen-bond acceptors (Lipinski definition) is 5. The number of carbonyl (C=O) groups excluding carboxylic acids is 1. The molecule has 3 heterocycles. The van der Waals surface area contributed by atoms with E-state index in [9.17, 15) is 22.8 Å². The number of halogens is 3. The number of carbonyl (C=O) groups is 1. The van der Waals surface area contributed by atoms with Crippen molar-refractivity contribution in [1.29, 1.82) is 0 Å². The quantitative estimate of drug-likeness (QED) is 0.615. The molecule has 0 aliphatic carbocycles. The fraction of sp³-hybridized carbons (Fsp3) is 0.333. The molecule has 0 radical (unpaired) electrons. The first kappa shape index (κ1) is 21.6. The van der Waals surface area contributed by atoms with Gasteiger partial charge in [-0.15, -0.1) is 5.10 Å². The third-order valence-corrected chi connectivity index (χ3v) is 5.40. The molecule has 11 heteroatoms. The van der Waals surface area contributed by atoms with E-state index in [0.717, 1.165) is 16.8 Å². The Bertz CT molecular complexity index is 1150. The molecule has 168 valence electrons. The van der Waals surface area contributed by atoms with Gasteiger partial charge in [0.2, 0.25) is 5.91 Å². The predicted octanol–water partition coefficient (Wildman–Crippen LogP) is 2.36. The molecule has 0 bridgehead atoms. The van der Waals surface area contributed by atoms with Crippen LogP contribution in [0.5, 0.6) is 0 Å². The molecule has 1 aliphatic rings. The minimum atomic E-state index is -4.41. The summed E-state index contributed by atoms with van der Waals surface area (Å²) in [6, 6.07) is 8.89. The van der Waals surface area contributed by atoms with Crippen molar-refractivity contribution >= 4 is 11.6 Å². The summed E-state index contributed by atoms with van der Waals surface area (Å²) in [6.07, 6.45) is -1.15. The maximum atomic E-state index is 13.0. The van der Waals surface area contributed by atoms with Gasteiger partial charge in [0.1, 0.15) is 6.04 Å². The number of anilines is 1. The molecule has 3 aromatic rings. The van der Waals surface area contributed by atoms with E-state index in [0.29, 0.717) is 37.7 Å². The van der Waals surface area contributed by atoms with E-state index < -0.39 is 23.3 Å². The Morgan fingerprint density at radius 1 is 1.06 bits per heavy atom. The summed E-state index contributed by atoms with van der Waals surface area (Å²) in [7, 11) is 0. The first-order valence-corrected chi connectivity index (χ1v) is 10.0. The highest BCUT2D eigenvalue weighted by Gasteiger charge is 2.32. The largest absolute Gasteiger partial charge is 0.416 e. The van der Waals surface area contributed by atoms with Crippen molar-refractivity contribution in [3.05, 3.63) is 70.8 Å². The molecule has 1 aromatic carbocycles. The lowest BCUT2D eigenvalue weighted by Gasteiger charge is -2.37. The third-order valence-electron chi connectivity index (χ3n) is 5.40. The van der Waals surface area contributed by atoms with E-state index in [4.69, 9.17) is 0 Å². The maximum absolute atomic E-state index is 13.0. The Hall–Kier alpha value is -3.63. The monoisotopic (exact) mass is 446 g/mol. The molecule has 0 N–H and O–H groups in total. The van der Waals surface area contributed by atoms with Crippen LogP contribution in [0, 0.1) is 0 Å². The summed E-state index contributed by atoms with van der Waals surface area (Å²) in [5.41, 5.74) is -0.654. The van der Waals surface area contributed by atoms with Gasteiger partial charge in [-0.05, 0) is 37.3 Å². The topological polar surface area (TPSA) is 76.3 Å². The zero-order chi connectivity index (χ0) is 22.9. The summed E-state index contributed by atoms with van der Waals surface area (Å²) in [5.74, 6) is 0.129. The van der Waals surface area contributed by atoms with Crippen LogP contribution < -0.4 is 10.5 Å². The van der Waals surface area contributed by atoms with Gasteiger partial charge in [-0.25, -0.2) is 9.36 Å². The van der Waals surface area contributed by atoms with Gasteiger partial charge in [-0.2, -0.15) is 18.3 Å². The predicted molar refractivity (Wildman–Crippen MR) is 111 cm³/mol. The third kappa shape index (κ3) is 4.36. The molecule has 0 saturated carbocycles. The SMILES string of the molecule is C[C@@H](C(=O)N1CCN(c2cccc(C(F)(F)F)c2)CC1)n1nc(-n2cccn2)ccc1=O. The van der Waals surface area contributed by atoms with Crippen LogP contribution >= 0.6 is 0 Å². The molecular formula is C21H21F3N6O2. The highest BCUT2D eigenvalue weighted by atomic mass is 19.4. The van der Waals surface area contributed by atoms with E-state index in [1.165, 1.54) is 22.9 Å². The van der Waals surface area contributed by atoms with E-state index in [1.807, 2.05) is 4.90 Å². The number of alkyl halides is 3. The zero-order valence-electron chi connectivity index (χ0n) is 17.2. The Morgan fingerprint density at radius 2 is 1.81 bits per heavy atom. The average molecular weight is 446 g/mol. The molecule has 1 fully saturated rings. The van der Waals surface area contributed by atoms with Crippen LogP contribution in [0.25, 0.3) is 5.82 Å². The van der Waals surface area contributed by atoms with Gasteiger partial charge in [0.25, 0.3) is 5.56 Å². The smallest absolute Gasteiger partial charge is 0.368 e. The average Bonchev–Trinajstić information content (AvgIpc) is 3.33. The van der Waals surface area contributed by atoms with Crippen LogP contribution in [0.3, 0.4) is 0 Å². The van der Waals surface area contributed by atoms with Crippen LogP contribution in [0.4, 0.5) is 18.9 Å². The number of aromatic nitrogens is 4. The van der Waals surface area contributed by atoms with Gasteiger partial charge in [0.05, 0.1) is 5.56 Å². The summed E-state index contributed by atoms with van der Waals surface area (Å²) < 4.78 is 41.6. The van der Waals surface area contributed by atoms with Crippen molar-refractivity contribution in [1.82, 2.24) is 24.5 Å². The number of amides is 1. The highest BCUT2D eigenvalue weighted by molar-refractivity contribution is 5.80. The number of rotatable bonds is 4. The number of hydrogen-bond donors (Lipinski definition) is 0.